The number of carboxylic acid groups (broad SMARTS) is 1. The van der Waals surface area contributed by atoms with E-state index in [1.54, 1.807) is 19.1 Å². The summed E-state index contributed by atoms with van der Waals surface area (Å²) >= 11 is 1.05. The van der Waals surface area contributed by atoms with Crippen molar-refractivity contribution in [3.05, 3.63) is 52.0 Å². The van der Waals surface area contributed by atoms with Crippen LogP contribution in [0.2, 0.25) is 0 Å². The van der Waals surface area contributed by atoms with Crippen molar-refractivity contribution in [1.82, 2.24) is 20.3 Å². The molecule has 1 aromatic carbocycles. The van der Waals surface area contributed by atoms with E-state index in [-0.39, 0.29) is 4.88 Å². The van der Waals surface area contributed by atoms with E-state index in [0.29, 0.717) is 34.7 Å². The number of aryl methyl sites for hydroxylation is 1. The Labute approximate surface area is 189 Å². The van der Waals surface area contributed by atoms with Gasteiger partial charge in [-0.1, -0.05) is 23.5 Å². The number of rotatable bonds is 7. The molecule has 11 heteroatoms. The predicted octanol–water partition coefficient (Wildman–Crippen LogP) is 2.58. The smallest absolute Gasteiger partial charge is 0.347 e. The maximum Gasteiger partial charge on any atom is 0.347 e. The van der Waals surface area contributed by atoms with Crippen molar-refractivity contribution >= 4 is 40.0 Å². The number of hydrogen-bond donors (Lipinski definition) is 4. The van der Waals surface area contributed by atoms with Crippen LogP contribution in [-0.2, 0) is 6.54 Å². The van der Waals surface area contributed by atoms with Gasteiger partial charge in [0.2, 0.25) is 5.95 Å². The summed E-state index contributed by atoms with van der Waals surface area (Å²) in [6, 6.07) is 11.4. The Morgan fingerprint density at radius 2 is 2.00 bits per heavy atom. The number of aromatic carboxylic acids is 1. The monoisotopic (exact) mass is 450 g/mol. The van der Waals surface area contributed by atoms with Gasteiger partial charge >= 0.3 is 5.97 Å². The summed E-state index contributed by atoms with van der Waals surface area (Å²) in [4.78, 5) is 27.2. The van der Waals surface area contributed by atoms with Crippen molar-refractivity contribution in [1.29, 1.82) is 5.26 Å². The van der Waals surface area contributed by atoms with E-state index in [1.807, 2.05) is 18.2 Å². The van der Waals surface area contributed by atoms with Crippen molar-refractivity contribution in [3.8, 4) is 6.07 Å². The molecule has 4 N–H and O–H groups in total. The molecule has 10 nitrogen and oxygen atoms in total. The molecule has 3 aromatic rings. The van der Waals surface area contributed by atoms with Crippen LogP contribution in [0.1, 0.15) is 26.5 Å². The van der Waals surface area contributed by atoms with Crippen molar-refractivity contribution in [2.45, 2.75) is 13.5 Å². The Hall–Kier alpha value is -3.75. The van der Waals surface area contributed by atoms with Gasteiger partial charge in [-0.05, 0) is 24.6 Å². The third-order valence-electron chi connectivity index (χ3n) is 4.92. The van der Waals surface area contributed by atoms with E-state index in [0.717, 1.165) is 48.9 Å². The molecule has 0 saturated carbocycles. The first-order chi connectivity index (χ1) is 15.5. The second-order valence-electron chi connectivity index (χ2n) is 7.20. The van der Waals surface area contributed by atoms with Crippen LogP contribution in [0, 0.1) is 18.3 Å². The number of benzene rings is 1. The van der Waals surface area contributed by atoms with E-state index in [4.69, 9.17) is 5.26 Å². The van der Waals surface area contributed by atoms with Crippen LogP contribution in [0.3, 0.4) is 0 Å². The maximum absolute atomic E-state index is 11.3. The first-order valence-corrected chi connectivity index (χ1v) is 10.9. The maximum atomic E-state index is 11.3. The third-order valence-corrected chi connectivity index (χ3v) is 5.98. The van der Waals surface area contributed by atoms with E-state index >= 15 is 0 Å². The highest BCUT2D eigenvalue weighted by Gasteiger charge is 2.17. The van der Waals surface area contributed by atoms with Gasteiger partial charge in [-0.25, -0.2) is 9.78 Å². The van der Waals surface area contributed by atoms with Gasteiger partial charge in [0.15, 0.2) is 5.13 Å². The molecule has 164 valence electrons. The summed E-state index contributed by atoms with van der Waals surface area (Å²) in [5, 5.41) is 28.4. The zero-order chi connectivity index (χ0) is 22.5. The van der Waals surface area contributed by atoms with Crippen molar-refractivity contribution in [2.75, 3.05) is 41.7 Å². The fourth-order valence-corrected chi connectivity index (χ4v) is 4.07. The fraction of sp³-hybridized carbons (Fsp3) is 0.286. The molecule has 0 unspecified atom stereocenters. The Balaban J connectivity index is 1.57. The summed E-state index contributed by atoms with van der Waals surface area (Å²) in [6.07, 6.45) is 0. The topological polar surface area (TPSA) is 139 Å². The number of nitrogens with one attached hydrogen (secondary N) is 3. The SMILES string of the molecule is Cc1nc(Nc2nc(NCc3ccc(C#N)cc3)cc(N3CCNCC3)n2)sc1C(=O)O. The van der Waals surface area contributed by atoms with Crippen molar-refractivity contribution < 1.29 is 9.90 Å². The molecule has 1 aliphatic rings. The number of nitrogens with zero attached hydrogens (tertiary/aromatic N) is 5. The fourth-order valence-electron chi connectivity index (χ4n) is 3.27. The summed E-state index contributed by atoms with van der Waals surface area (Å²) in [7, 11) is 0. The van der Waals surface area contributed by atoms with Gasteiger partial charge in [0.1, 0.15) is 16.5 Å². The summed E-state index contributed by atoms with van der Waals surface area (Å²) < 4.78 is 0. The van der Waals surface area contributed by atoms with Gasteiger partial charge < -0.3 is 20.6 Å². The molecule has 2 aromatic heterocycles. The minimum absolute atomic E-state index is 0.185. The van der Waals surface area contributed by atoms with Crippen molar-refractivity contribution in [2.24, 2.45) is 0 Å². The molecule has 0 atom stereocenters. The van der Waals surface area contributed by atoms with Crippen molar-refractivity contribution in [3.63, 3.8) is 0 Å². The highest BCUT2D eigenvalue weighted by atomic mass is 32.1. The molecule has 0 aliphatic carbocycles. The molecular formula is C21H22N8O2S. The summed E-state index contributed by atoms with van der Waals surface area (Å²) in [5.74, 6) is 0.743. The van der Waals surface area contributed by atoms with E-state index in [9.17, 15) is 9.90 Å². The lowest BCUT2D eigenvalue weighted by molar-refractivity contribution is 0.0701. The lowest BCUT2D eigenvalue weighted by Gasteiger charge is -2.28. The molecule has 0 radical (unpaired) electrons. The van der Waals surface area contributed by atoms with Gasteiger partial charge in [0.25, 0.3) is 0 Å². The number of thiazole rings is 1. The molecule has 4 rings (SSSR count). The van der Waals surface area contributed by atoms with Gasteiger partial charge in [0, 0.05) is 38.8 Å². The number of nitriles is 1. The standard InChI is InChI=1S/C21H22N8O2S/c1-13-18(19(30)31)32-21(25-13)28-20-26-16(10-17(27-20)29-8-6-23-7-9-29)24-12-15-4-2-14(11-22)3-5-15/h2-5,10,23H,6-9,12H2,1H3,(H,30,31)(H2,24,25,26,27,28). The molecular weight excluding hydrogens is 428 g/mol. The van der Waals surface area contributed by atoms with Crippen LogP contribution >= 0.6 is 11.3 Å². The molecule has 0 spiro atoms. The number of carbonyl (C=O) groups is 1. The van der Waals surface area contributed by atoms with Gasteiger partial charge in [-0.15, -0.1) is 0 Å². The van der Waals surface area contributed by atoms with Crippen LogP contribution in [0.5, 0.6) is 0 Å². The first-order valence-electron chi connectivity index (χ1n) is 10.1. The average molecular weight is 451 g/mol. The number of aromatic nitrogens is 3. The van der Waals surface area contributed by atoms with Gasteiger partial charge in [0.05, 0.1) is 17.3 Å². The number of carboxylic acids is 1. The minimum Gasteiger partial charge on any atom is -0.477 e. The van der Waals surface area contributed by atoms with Crippen LogP contribution < -0.4 is 20.9 Å². The second kappa shape index (κ2) is 9.59. The molecule has 1 saturated heterocycles. The quantitative estimate of drug-likeness (QED) is 0.425. The Bertz CT molecular complexity index is 1150. The van der Waals surface area contributed by atoms with Crippen LogP contribution in [0.25, 0.3) is 0 Å². The number of anilines is 4. The average Bonchev–Trinajstić information content (AvgIpc) is 3.18. The third kappa shape index (κ3) is 5.11. The Kier molecular flexibility index (Phi) is 6.44. The highest BCUT2D eigenvalue weighted by molar-refractivity contribution is 7.17. The molecule has 3 heterocycles. The first kappa shape index (κ1) is 21.5. The lowest BCUT2D eigenvalue weighted by atomic mass is 10.1. The zero-order valence-electron chi connectivity index (χ0n) is 17.4. The lowest BCUT2D eigenvalue weighted by Crippen LogP contribution is -2.44. The molecule has 32 heavy (non-hydrogen) atoms. The molecule has 0 amide bonds. The predicted molar refractivity (Wildman–Crippen MR) is 123 cm³/mol. The van der Waals surface area contributed by atoms with Crippen LogP contribution in [-0.4, -0.2) is 52.2 Å². The normalized spacial score (nSPS) is 13.4. The minimum atomic E-state index is -1.01. The van der Waals surface area contributed by atoms with Crippen LogP contribution in [0.4, 0.5) is 22.7 Å². The van der Waals surface area contributed by atoms with Crippen LogP contribution in [0.15, 0.2) is 30.3 Å². The Morgan fingerprint density at radius 3 is 2.66 bits per heavy atom. The van der Waals surface area contributed by atoms with E-state index < -0.39 is 5.97 Å². The number of hydrogen-bond acceptors (Lipinski definition) is 10. The molecule has 1 aliphatic heterocycles. The second-order valence-corrected chi connectivity index (χ2v) is 8.20. The summed E-state index contributed by atoms with van der Waals surface area (Å²) in [6.45, 7) is 5.58. The van der Waals surface area contributed by atoms with Gasteiger partial charge in [-0.3, -0.25) is 5.32 Å². The largest absolute Gasteiger partial charge is 0.477 e. The van der Waals surface area contributed by atoms with Gasteiger partial charge in [-0.2, -0.15) is 15.2 Å². The Morgan fingerprint density at radius 1 is 1.25 bits per heavy atom. The zero-order valence-corrected chi connectivity index (χ0v) is 18.2. The molecule has 0 bridgehead atoms. The summed E-state index contributed by atoms with van der Waals surface area (Å²) in [5.41, 5.74) is 2.08. The highest BCUT2D eigenvalue weighted by Crippen LogP contribution is 2.26. The van der Waals surface area contributed by atoms with E-state index in [2.05, 4.69) is 41.9 Å². The molecule has 1 fully saturated rings. The number of piperazine rings is 1. The van der Waals surface area contributed by atoms with E-state index in [1.165, 1.54) is 0 Å².